The Morgan fingerprint density at radius 3 is 2.60 bits per heavy atom. The molecule has 0 bridgehead atoms. The summed E-state index contributed by atoms with van der Waals surface area (Å²) in [4.78, 5) is 9.34. The first-order valence-electron chi connectivity index (χ1n) is 2.35. The van der Waals surface area contributed by atoms with Crippen LogP contribution < -0.4 is 0 Å². The Labute approximate surface area is 72.3 Å². The zero-order valence-corrected chi connectivity index (χ0v) is 7.33. The van der Waals surface area contributed by atoms with Gasteiger partial charge in [0.2, 0.25) is 4.77 Å². The third-order valence-electron chi connectivity index (χ3n) is 0.781. The summed E-state index contributed by atoms with van der Waals surface area (Å²) in [6, 6.07) is 0. The molecular formula is C4H4N3S3. The highest BCUT2D eigenvalue weighted by molar-refractivity contribution is 8.00. The van der Waals surface area contributed by atoms with Crippen molar-refractivity contribution in [2.75, 3.05) is 0 Å². The minimum atomic E-state index is 0.384. The van der Waals surface area contributed by atoms with Crippen LogP contribution in [-0.4, -0.2) is 15.0 Å². The third kappa shape index (κ3) is 1.89. The summed E-state index contributed by atoms with van der Waals surface area (Å²) in [7, 11) is 0. The molecule has 1 aromatic heterocycles. The van der Waals surface area contributed by atoms with Crippen molar-refractivity contribution in [1.82, 2.24) is 15.0 Å². The number of nitrogens with one attached hydrogen (secondary N) is 2. The Morgan fingerprint density at radius 2 is 2.10 bits per heavy atom. The van der Waals surface area contributed by atoms with Gasteiger partial charge in [0.25, 0.3) is 0 Å². The summed E-state index contributed by atoms with van der Waals surface area (Å²) in [5, 5.41) is 0.633. The van der Waals surface area contributed by atoms with E-state index in [1.807, 2.05) is 0 Å². The van der Waals surface area contributed by atoms with Crippen LogP contribution >= 0.6 is 36.2 Å². The fraction of sp³-hybridized carbons (Fsp3) is 0. The summed E-state index contributed by atoms with van der Waals surface area (Å²) in [5.74, 6) is 0. The maximum Gasteiger partial charge on any atom is 0.201 e. The van der Waals surface area contributed by atoms with Crippen molar-refractivity contribution < 1.29 is 0 Å². The van der Waals surface area contributed by atoms with E-state index in [0.717, 1.165) is 0 Å². The molecule has 53 valence electrons. The summed E-state index contributed by atoms with van der Waals surface area (Å²) in [6.07, 6.45) is 3.55. The first-order chi connectivity index (χ1) is 4.72. The number of aromatic amines is 2. The second kappa shape index (κ2) is 3.27. The molecule has 0 fully saturated rings. The van der Waals surface area contributed by atoms with Gasteiger partial charge < -0.3 is 9.97 Å². The number of H-pyrrole nitrogens is 2. The van der Waals surface area contributed by atoms with E-state index in [1.54, 1.807) is 0 Å². The highest BCUT2D eigenvalue weighted by Crippen LogP contribution is 2.06. The SMILES string of the molecule is [CH2]Sc1nc(=S)[nH]c(=S)[nH]1. The van der Waals surface area contributed by atoms with Gasteiger partial charge in [-0.25, -0.2) is 0 Å². The van der Waals surface area contributed by atoms with Crippen LogP contribution in [0.3, 0.4) is 0 Å². The van der Waals surface area contributed by atoms with Gasteiger partial charge in [-0.1, -0.05) is 11.8 Å². The zero-order valence-electron chi connectivity index (χ0n) is 4.88. The molecule has 0 saturated carbocycles. The van der Waals surface area contributed by atoms with Crippen LogP contribution in [0.5, 0.6) is 0 Å². The number of hydrogen-bond donors (Lipinski definition) is 2. The predicted molar refractivity (Wildman–Crippen MR) is 45.8 cm³/mol. The van der Waals surface area contributed by atoms with Gasteiger partial charge in [0.15, 0.2) is 9.93 Å². The molecule has 0 spiro atoms. The summed E-state index contributed by atoms with van der Waals surface area (Å²) in [6.45, 7) is 0. The quantitative estimate of drug-likeness (QED) is 0.525. The first-order valence-corrected chi connectivity index (χ1v) is 4.15. The molecule has 10 heavy (non-hydrogen) atoms. The van der Waals surface area contributed by atoms with Gasteiger partial charge in [-0.3, -0.25) is 0 Å². The number of hydrogen-bond acceptors (Lipinski definition) is 4. The van der Waals surface area contributed by atoms with E-state index in [9.17, 15) is 0 Å². The first kappa shape index (κ1) is 7.90. The van der Waals surface area contributed by atoms with E-state index in [-0.39, 0.29) is 0 Å². The summed E-state index contributed by atoms with van der Waals surface area (Å²) < 4.78 is 0.862. The maximum absolute atomic E-state index is 4.79. The van der Waals surface area contributed by atoms with Crippen LogP contribution in [0.15, 0.2) is 5.16 Å². The lowest BCUT2D eigenvalue weighted by Crippen LogP contribution is -1.89. The second-order valence-electron chi connectivity index (χ2n) is 1.45. The van der Waals surface area contributed by atoms with Gasteiger partial charge in [-0.15, -0.1) is 0 Å². The van der Waals surface area contributed by atoms with Crippen LogP contribution in [0, 0.1) is 15.8 Å². The molecule has 2 N–H and O–H groups in total. The van der Waals surface area contributed by atoms with E-state index >= 15 is 0 Å². The van der Waals surface area contributed by atoms with Crippen LogP contribution in [0.1, 0.15) is 0 Å². The monoisotopic (exact) mass is 190 g/mol. The predicted octanol–water partition coefficient (Wildman–Crippen LogP) is 2.08. The summed E-state index contributed by atoms with van der Waals surface area (Å²) in [5.41, 5.74) is 0. The third-order valence-corrected chi connectivity index (χ3v) is 1.64. The lowest BCUT2D eigenvalue weighted by Gasteiger charge is -1.92. The number of aromatic nitrogens is 3. The molecule has 0 unspecified atom stereocenters. The van der Waals surface area contributed by atoms with E-state index in [4.69, 9.17) is 24.4 Å². The molecular weight excluding hydrogens is 186 g/mol. The highest BCUT2D eigenvalue weighted by Gasteiger charge is 1.89. The van der Waals surface area contributed by atoms with Gasteiger partial charge >= 0.3 is 0 Å². The van der Waals surface area contributed by atoms with E-state index in [1.165, 1.54) is 11.8 Å². The number of nitrogens with zero attached hydrogens (tertiary/aromatic N) is 1. The molecule has 3 nitrogen and oxygen atoms in total. The normalized spacial score (nSPS) is 9.70. The Morgan fingerprint density at radius 1 is 1.40 bits per heavy atom. The van der Waals surface area contributed by atoms with Crippen molar-refractivity contribution in [2.45, 2.75) is 5.16 Å². The second-order valence-corrected chi connectivity index (χ2v) is 2.92. The van der Waals surface area contributed by atoms with Crippen molar-refractivity contribution in [3.63, 3.8) is 0 Å². The molecule has 1 radical (unpaired) electrons. The fourth-order valence-electron chi connectivity index (χ4n) is 0.442. The summed E-state index contributed by atoms with van der Waals surface area (Å²) >= 11 is 10.8. The Kier molecular flexibility index (Phi) is 2.58. The smallest absolute Gasteiger partial charge is 0.201 e. The molecule has 6 heteroatoms. The molecule has 0 aliphatic rings. The zero-order chi connectivity index (χ0) is 7.56. The van der Waals surface area contributed by atoms with Crippen molar-refractivity contribution in [3.05, 3.63) is 15.8 Å². The molecule has 0 saturated heterocycles. The minimum Gasteiger partial charge on any atom is -0.311 e. The van der Waals surface area contributed by atoms with Crippen LogP contribution in [0.4, 0.5) is 0 Å². The van der Waals surface area contributed by atoms with Gasteiger partial charge in [-0.05, 0) is 24.4 Å². The topological polar surface area (TPSA) is 44.5 Å². The Hall–Kier alpha value is -0.200. The standard InChI is InChI=1S/C4H4N3S3/c1-10-4-6-2(8)5-3(9)7-4/h1H2,(H2,5,6,7,8,9). The highest BCUT2D eigenvalue weighted by atomic mass is 32.2. The fourth-order valence-corrected chi connectivity index (χ4v) is 1.35. The Bertz CT molecular complexity index is 297. The molecule has 1 aromatic rings. The molecule has 0 aliphatic heterocycles. The van der Waals surface area contributed by atoms with E-state index in [2.05, 4.69) is 21.2 Å². The number of thioether (sulfide) groups is 1. The van der Waals surface area contributed by atoms with E-state index in [0.29, 0.717) is 14.7 Å². The molecule has 1 rings (SSSR count). The largest absolute Gasteiger partial charge is 0.311 e. The van der Waals surface area contributed by atoms with Crippen molar-refractivity contribution in [3.8, 4) is 0 Å². The van der Waals surface area contributed by atoms with Crippen LogP contribution in [0.25, 0.3) is 0 Å². The van der Waals surface area contributed by atoms with Crippen LogP contribution in [0.2, 0.25) is 0 Å². The molecule has 0 aromatic carbocycles. The van der Waals surface area contributed by atoms with Gasteiger partial charge in [0.05, 0.1) is 0 Å². The Balaban J connectivity index is 3.33. The molecule has 0 atom stereocenters. The van der Waals surface area contributed by atoms with Crippen molar-refractivity contribution in [1.29, 1.82) is 0 Å². The lowest BCUT2D eigenvalue weighted by atomic mass is 11.1. The van der Waals surface area contributed by atoms with Crippen LogP contribution in [-0.2, 0) is 0 Å². The average molecular weight is 190 g/mol. The van der Waals surface area contributed by atoms with Gasteiger partial charge in [-0.2, -0.15) is 4.98 Å². The van der Waals surface area contributed by atoms with Gasteiger partial charge in [0.1, 0.15) is 0 Å². The average Bonchev–Trinajstić information content (AvgIpc) is 1.85. The maximum atomic E-state index is 4.79. The van der Waals surface area contributed by atoms with E-state index < -0.39 is 0 Å². The molecule has 0 amide bonds. The van der Waals surface area contributed by atoms with Gasteiger partial charge in [0, 0.05) is 6.26 Å². The lowest BCUT2D eigenvalue weighted by molar-refractivity contribution is 0.874. The molecule has 1 heterocycles. The number of rotatable bonds is 1. The minimum absolute atomic E-state index is 0.384. The molecule has 0 aliphatic carbocycles. The van der Waals surface area contributed by atoms with Crippen molar-refractivity contribution >= 4 is 36.2 Å². The van der Waals surface area contributed by atoms with Crippen molar-refractivity contribution in [2.24, 2.45) is 0 Å².